The summed E-state index contributed by atoms with van der Waals surface area (Å²) in [7, 11) is 0. The van der Waals surface area contributed by atoms with Crippen LogP contribution in [0.4, 0.5) is 57.0 Å². The summed E-state index contributed by atoms with van der Waals surface area (Å²) in [5.74, 6) is 0.238. The molecule has 5 nitrogen and oxygen atoms in total. The van der Waals surface area contributed by atoms with E-state index in [0.29, 0.717) is 29.3 Å². The third-order valence-electron chi connectivity index (χ3n) is 16.2. The van der Waals surface area contributed by atoms with Crippen molar-refractivity contribution < 1.29 is 9.60 Å². The van der Waals surface area contributed by atoms with Gasteiger partial charge in [-0.2, -0.15) is 0 Å². The fourth-order valence-corrected chi connectivity index (χ4v) is 12.3. The van der Waals surface area contributed by atoms with Crippen LogP contribution in [0.2, 0.25) is 0 Å². The quantitative estimate of drug-likeness (QED) is 0.121. The zero-order chi connectivity index (χ0) is 63.7. The lowest BCUT2D eigenvalue weighted by atomic mass is 9.86. The van der Waals surface area contributed by atoms with Gasteiger partial charge in [0.1, 0.15) is 12.5 Å². The molecular formula is C80H67N5. The molecule has 0 saturated heterocycles. The van der Waals surface area contributed by atoms with Crippen molar-refractivity contribution in [3.8, 4) is 66.8 Å². The molecule has 0 N–H and O–H groups in total. The molecule has 1 aromatic heterocycles. The molecule has 85 heavy (non-hydrogen) atoms. The van der Waals surface area contributed by atoms with Gasteiger partial charge >= 0.3 is 0 Å². The summed E-state index contributed by atoms with van der Waals surface area (Å²) in [5.41, 5.74) is 19.5. The highest BCUT2D eigenvalue weighted by Crippen LogP contribution is 2.55. The molecule has 0 aliphatic carbocycles. The number of para-hydroxylation sites is 5. The van der Waals surface area contributed by atoms with Crippen LogP contribution in [-0.4, -0.2) is 11.7 Å². The van der Waals surface area contributed by atoms with Crippen molar-refractivity contribution in [2.45, 2.75) is 46.4 Å². The van der Waals surface area contributed by atoms with E-state index in [0.717, 1.165) is 107 Å². The average molecular weight is 1110 g/mol. The molecule has 0 fully saturated rings. The van der Waals surface area contributed by atoms with Gasteiger partial charge in [0.25, 0.3) is 0 Å². The molecule has 0 atom stereocenters. The standard InChI is InChI=1S/C80H67N5/c1-55(2)46-61-48-78(81-53-73(61)58-30-14-8-15-31-58)85-74-41-21-20-38-71(74)69-36-18-19-37-70(69)72-45-44-64(52-77(72)85)84(63-34-16-9-17-35-63)66-50-62(80(3,4)5)49-65(51-66)82-54-83(76-43-23-22-42-75(76)82)79-67(57-28-12-7-13-29-57)39-25-40-68(79)60-33-24-32-59(47-60)56-26-10-6-11-27-56/h6-45,47-53,55H,46,54H2,1-5H3/i7D,12D,13D,28D,29D,46D2. The van der Waals surface area contributed by atoms with Crippen LogP contribution in [-0.2, 0) is 11.8 Å². The second-order valence-corrected chi connectivity index (χ2v) is 23.1. The van der Waals surface area contributed by atoms with Crippen molar-refractivity contribution in [3.05, 3.63) is 296 Å². The van der Waals surface area contributed by atoms with Crippen LogP contribution >= 0.6 is 0 Å². The molecule has 0 spiro atoms. The minimum Gasteiger partial charge on any atom is -0.321 e. The van der Waals surface area contributed by atoms with Gasteiger partial charge in [-0.15, -0.1) is 0 Å². The molecule has 0 saturated carbocycles. The number of hydrogen-bond donors (Lipinski definition) is 0. The SMILES string of the molecule is [2H]c1c([2H])c([2H])c(-c2cccc(-c3cccc(-c4ccccc4)c3)c2N2CN(c3cc(N(c4ccccc4)c4ccc5c(c4)N(c4cc(C([2H])([2H])C(C)C)c(-c6ccccc6)cn4)c4ccccc4-c4ccccc4-5)cc(C(C)(C)C)c3)c3ccccc32)c([2H])c1[2H]. The number of benzene rings is 11. The zero-order valence-corrected chi connectivity index (χ0v) is 48.3. The van der Waals surface area contributed by atoms with E-state index in [2.05, 4.69) is 198 Å². The first kappa shape index (κ1) is 45.3. The van der Waals surface area contributed by atoms with Gasteiger partial charge in [0.2, 0.25) is 0 Å². The van der Waals surface area contributed by atoms with Crippen molar-refractivity contribution in [3.63, 3.8) is 0 Å². The minimum absolute atomic E-state index is 0.127. The molecule has 3 heterocycles. The summed E-state index contributed by atoms with van der Waals surface area (Å²) in [6.45, 7) is 10.9. The van der Waals surface area contributed by atoms with Crippen LogP contribution in [0.3, 0.4) is 0 Å². The molecule has 2 aliphatic heterocycles. The Balaban J connectivity index is 0.968. The second-order valence-electron chi connectivity index (χ2n) is 23.1. The number of rotatable bonds is 12. The Bertz CT molecular complexity index is 4790. The number of nitrogens with zero attached hydrogens (tertiary/aromatic N) is 5. The van der Waals surface area contributed by atoms with E-state index in [-0.39, 0.29) is 29.0 Å². The number of aromatic nitrogens is 1. The van der Waals surface area contributed by atoms with Gasteiger partial charge in [-0.05, 0) is 141 Å². The van der Waals surface area contributed by atoms with Gasteiger partial charge in [0.05, 0.1) is 35.3 Å². The summed E-state index contributed by atoms with van der Waals surface area (Å²) in [6, 6.07) is 83.8. The van der Waals surface area contributed by atoms with E-state index in [1.165, 1.54) is 0 Å². The summed E-state index contributed by atoms with van der Waals surface area (Å²) in [6.07, 6.45) is 0.121. The monoisotopic (exact) mass is 1100 g/mol. The fraction of sp³-hybridized carbons (Fsp3) is 0.113. The van der Waals surface area contributed by atoms with E-state index >= 15 is 0 Å². The van der Waals surface area contributed by atoms with Gasteiger partial charge in [-0.25, -0.2) is 4.98 Å². The summed E-state index contributed by atoms with van der Waals surface area (Å²) >= 11 is 0. The van der Waals surface area contributed by atoms with Crippen molar-refractivity contribution >= 4 is 57.0 Å². The van der Waals surface area contributed by atoms with E-state index in [1.807, 2.05) is 111 Å². The van der Waals surface area contributed by atoms with Gasteiger partial charge in [-0.3, -0.25) is 4.90 Å². The second kappa shape index (κ2) is 22.2. The molecule has 0 radical (unpaired) electrons. The number of fused-ring (bicyclic) bond motifs is 6. The molecule has 0 amide bonds. The maximum absolute atomic E-state index is 9.71. The van der Waals surface area contributed by atoms with Crippen LogP contribution in [0.5, 0.6) is 0 Å². The first-order chi connectivity index (χ1) is 44.5. The Labute approximate surface area is 510 Å². The van der Waals surface area contributed by atoms with Crippen molar-refractivity contribution in [1.82, 2.24) is 4.98 Å². The molecule has 12 aromatic rings. The van der Waals surface area contributed by atoms with Crippen molar-refractivity contribution in [2.75, 3.05) is 26.3 Å². The lowest BCUT2D eigenvalue weighted by Gasteiger charge is -2.32. The molecule has 412 valence electrons. The Kier molecular flexibility index (Phi) is 11.8. The zero-order valence-electron chi connectivity index (χ0n) is 55.3. The number of hydrogen-bond acceptors (Lipinski definition) is 5. The van der Waals surface area contributed by atoms with Gasteiger partial charge < -0.3 is 14.7 Å². The lowest BCUT2D eigenvalue weighted by Crippen LogP contribution is -2.26. The van der Waals surface area contributed by atoms with E-state index in [1.54, 1.807) is 0 Å². The van der Waals surface area contributed by atoms with Crippen LogP contribution in [0, 0.1) is 5.92 Å². The first-order valence-corrected chi connectivity index (χ1v) is 29.2. The Morgan fingerprint density at radius 1 is 0.447 bits per heavy atom. The molecule has 0 unspecified atom stereocenters. The first-order valence-electron chi connectivity index (χ1n) is 32.7. The molecule has 14 rings (SSSR count). The molecule has 11 aromatic carbocycles. The van der Waals surface area contributed by atoms with Gasteiger partial charge in [0, 0.05) is 59.5 Å². The highest BCUT2D eigenvalue weighted by molar-refractivity contribution is 6.04. The Hall–Kier alpha value is -10.2. The Morgan fingerprint density at radius 3 is 1.71 bits per heavy atom. The summed E-state index contributed by atoms with van der Waals surface area (Å²) < 4.78 is 64.7. The van der Waals surface area contributed by atoms with Crippen LogP contribution in [0.25, 0.3) is 66.8 Å². The van der Waals surface area contributed by atoms with Crippen LogP contribution < -0.4 is 19.6 Å². The third-order valence-corrected chi connectivity index (χ3v) is 16.2. The molecular weight excluding hydrogens is 1030 g/mol. The Morgan fingerprint density at radius 2 is 1.01 bits per heavy atom. The topological polar surface area (TPSA) is 25.9 Å². The van der Waals surface area contributed by atoms with Crippen molar-refractivity contribution in [1.29, 1.82) is 0 Å². The predicted octanol–water partition coefficient (Wildman–Crippen LogP) is 22.1. The van der Waals surface area contributed by atoms with Crippen LogP contribution in [0.15, 0.2) is 285 Å². The molecule has 5 heteroatoms. The smallest absolute Gasteiger partial charge is 0.137 e. The summed E-state index contributed by atoms with van der Waals surface area (Å²) in [5, 5.41) is 0. The predicted molar refractivity (Wildman–Crippen MR) is 359 cm³/mol. The highest BCUT2D eigenvalue weighted by Gasteiger charge is 2.34. The minimum atomic E-state index is -1.72. The molecule has 2 aliphatic rings. The average Bonchev–Trinajstić information content (AvgIpc) is 1.48. The van der Waals surface area contributed by atoms with Crippen molar-refractivity contribution in [2.24, 2.45) is 5.92 Å². The van der Waals surface area contributed by atoms with E-state index in [9.17, 15) is 5.48 Å². The maximum atomic E-state index is 9.71. The van der Waals surface area contributed by atoms with Gasteiger partial charge in [0.15, 0.2) is 0 Å². The molecule has 0 bridgehead atoms. The number of pyridine rings is 1. The fourth-order valence-electron chi connectivity index (χ4n) is 12.3. The van der Waals surface area contributed by atoms with Crippen LogP contribution in [0.1, 0.15) is 55.3 Å². The maximum Gasteiger partial charge on any atom is 0.137 e. The normalized spacial score (nSPS) is 13.9. The summed E-state index contributed by atoms with van der Waals surface area (Å²) in [4.78, 5) is 14.4. The van der Waals surface area contributed by atoms with E-state index < -0.39 is 24.5 Å². The lowest BCUT2D eigenvalue weighted by molar-refractivity contribution is 0.590. The largest absolute Gasteiger partial charge is 0.321 e. The number of anilines is 10. The highest BCUT2D eigenvalue weighted by atomic mass is 15.4. The van der Waals surface area contributed by atoms with Gasteiger partial charge in [-0.1, -0.05) is 241 Å². The third kappa shape index (κ3) is 10.0. The van der Waals surface area contributed by atoms with E-state index in [4.69, 9.17) is 9.10 Å².